The average Bonchev–Trinajstić information content (AvgIpc) is 3.37. The number of amides is 1. The fourth-order valence-electron chi connectivity index (χ4n) is 2.85. The van der Waals surface area contributed by atoms with E-state index in [0.717, 1.165) is 0 Å². The average molecular weight is 409 g/mol. The number of carbonyl (C=O) groups is 1. The fourth-order valence-corrected chi connectivity index (χ4v) is 3.77. The predicted molar refractivity (Wildman–Crippen MR) is 108 cm³/mol. The summed E-state index contributed by atoms with van der Waals surface area (Å²) in [5.41, 5.74) is 1.63. The monoisotopic (exact) mass is 409 g/mol. The summed E-state index contributed by atoms with van der Waals surface area (Å²) in [7, 11) is 1.55. The number of hydrogen-bond acceptors (Lipinski definition) is 6. The van der Waals surface area contributed by atoms with Crippen LogP contribution in [-0.4, -0.2) is 33.2 Å². The summed E-state index contributed by atoms with van der Waals surface area (Å²) < 4.78 is 20.9. The van der Waals surface area contributed by atoms with Gasteiger partial charge in [-0.15, -0.1) is 16.4 Å². The SMILES string of the molecule is COc1ccc(NC(=O)c2ccc(-c3ccccc3F)s2)cc1-n1nnnc1C. The van der Waals surface area contributed by atoms with Crippen LogP contribution in [-0.2, 0) is 0 Å². The molecule has 0 aliphatic carbocycles. The predicted octanol–water partition coefficient (Wildman–Crippen LogP) is 4.10. The third kappa shape index (κ3) is 3.72. The number of aromatic nitrogens is 4. The molecule has 0 radical (unpaired) electrons. The molecule has 1 N–H and O–H groups in total. The van der Waals surface area contributed by atoms with E-state index in [-0.39, 0.29) is 11.7 Å². The molecule has 29 heavy (non-hydrogen) atoms. The van der Waals surface area contributed by atoms with Gasteiger partial charge in [-0.05, 0) is 53.7 Å². The maximum absolute atomic E-state index is 14.0. The van der Waals surface area contributed by atoms with Crippen molar-refractivity contribution < 1.29 is 13.9 Å². The Bertz CT molecular complexity index is 1190. The number of ether oxygens (including phenoxy) is 1. The number of nitrogens with one attached hydrogen (secondary N) is 1. The minimum atomic E-state index is -0.321. The van der Waals surface area contributed by atoms with Gasteiger partial charge in [-0.25, -0.2) is 4.39 Å². The Hall–Kier alpha value is -3.59. The first-order chi connectivity index (χ1) is 14.1. The highest BCUT2D eigenvalue weighted by molar-refractivity contribution is 7.17. The van der Waals surface area contributed by atoms with E-state index < -0.39 is 0 Å². The molecule has 0 aliphatic rings. The Labute approximate surface area is 169 Å². The summed E-state index contributed by atoms with van der Waals surface area (Å²) >= 11 is 1.23. The maximum Gasteiger partial charge on any atom is 0.265 e. The summed E-state index contributed by atoms with van der Waals surface area (Å²) in [5, 5.41) is 14.3. The number of nitrogens with zero attached hydrogens (tertiary/aromatic N) is 4. The highest BCUT2D eigenvalue weighted by Gasteiger charge is 2.15. The second-order valence-corrected chi connectivity index (χ2v) is 7.21. The van der Waals surface area contributed by atoms with E-state index in [9.17, 15) is 9.18 Å². The van der Waals surface area contributed by atoms with Crippen molar-refractivity contribution in [2.45, 2.75) is 6.92 Å². The van der Waals surface area contributed by atoms with Crippen LogP contribution in [0.15, 0.2) is 54.6 Å². The Morgan fingerprint density at radius 2 is 2.00 bits per heavy atom. The number of anilines is 1. The molecule has 4 rings (SSSR count). The van der Waals surface area contributed by atoms with Crippen LogP contribution in [0.2, 0.25) is 0 Å². The van der Waals surface area contributed by atoms with E-state index in [0.29, 0.717) is 38.3 Å². The zero-order valence-corrected chi connectivity index (χ0v) is 16.4. The molecule has 4 aromatic rings. The first-order valence-electron chi connectivity index (χ1n) is 8.66. The number of benzene rings is 2. The molecular formula is C20H16FN5O2S. The van der Waals surface area contributed by atoms with Gasteiger partial charge in [0.2, 0.25) is 0 Å². The first-order valence-corrected chi connectivity index (χ1v) is 9.48. The second kappa shape index (κ2) is 7.80. The summed E-state index contributed by atoms with van der Waals surface area (Å²) in [6.07, 6.45) is 0. The summed E-state index contributed by atoms with van der Waals surface area (Å²) in [6, 6.07) is 15.1. The van der Waals surface area contributed by atoms with Crippen molar-refractivity contribution in [1.29, 1.82) is 0 Å². The highest BCUT2D eigenvalue weighted by Crippen LogP contribution is 2.31. The van der Waals surface area contributed by atoms with Crippen LogP contribution in [0.4, 0.5) is 10.1 Å². The lowest BCUT2D eigenvalue weighted by Gasteiger charge is -2.11. The van der Waals surface area contributed by atoms with Gasteiger partial charge < -0.3 is 10.1 Å². The summed E-state index contributed by atoms with van der Waals surface area (Å²) in [4.78, 5) is 13.8. The molecule has 9 heteroatoms. The maximum atomic E-state index is 14.0. The smallest absolute Gasteiger partial charge is 0.265 e. The van der Waals surface area contributed by atoms with Crippen LogP contribution in [0.25, 0.3) is 16.1 Å². The molecule has 146 valence electrons. The molecule has 0 unspecified atom stereocenters. The molecule has 2 aromatic heterocycles. The van der Waals surface area contributed by atoms with Crippen LogP contribution < -0.4 is 10.1 Å². The number of rotatable bonds is 5. The minimum absolute atomic E-state index is 0.290. The van der Waals surface area contributed by atoms with Crippen molar-refractivity contribution in [2.24, 2.45) is 0 Å². The van der Waals surface area contributed by atoms with E-state index in [1.165, 1.54) is 22.1 Å². The molecule has 2 heterocycles. The lowest BCUT2D eigenvalue weighted by atomic mass is 10.2. The zero-order chi connectivity index (χ0) is 20.4. The van der Waals surface area contributed by atoms with Crippen molar-refractivity contribution in [3.63, 3.8) is 0 Å². The van der Waals surface area contributed by atoms with E-state index in [1.807, 2.05) is 0 Å². The largest absolute Gasteiger partial charge is 0.494 e. The molecule has 2 aromatic carbocycles. The van der Waals surface area contributed by atoms with E-state index in [4.69, 9.17) is 4.74 Å². The summed E-state index contributed by atoms with van der Waals surface area (Å²) in [5.74, 6) is 0.538. The minimum Gasteiger partial charge on any atom is -0.494 e. The Morgan fingerprint density at radius 1 is 1.17 bits per heavy atom. The van der Waals surface area contributed by atoms with Crippen molar-refractivity contribution in [3.8, 4) is 21.9 Å². The van der Waals surface area contributed by atoms with Crippen LogP contribution in [0.3, 0.4) is 0 Å². The molecule has 0 aliphatic heterocycles. The molecule has 0 saturated heterocycles. The molecule has 0 bridgehead atoms. The normalized spacial score (nSPS) is 10.7. The van der Waals surface area contributed by atoms with Gasteiger partial charge >= 0.3 is 0 Å². The van der Waals surface area contributed by atoms with E-state index >= 15 is 0 Å². The van der Waals surface area contributed by atoms with Crippen LogP contribution in [0, 0.1) is 12.7 Å². The Kier molecular flexibility index (Phi) is 5.05. The van der Waals surface area contributed by atoms with Gasteiger partial charge in [0, 0.05) is 16.1 Å². The number of carbonyl (C=O) groups excluding carboxylic acids is 1. The van der Waals surface area contributed by atoms with Gasteiger partial charge in [0.15, 0.2) is 5.82 Å². The quantitative estimate of drug-likeness (QED) is 0.537. The topological polar surface area (TPSA) is 81.9 Å². The standard InChI is InChI=1S/C20H16FN5O2S/c1-12-23-24-25-26(12)16-11-13(7-8-17(16)28-2)22-20(27)19-10-9-18(29-19)14-5-3-4-6-15(14)21/h3-11H,1-2H3,(H,22,27). The molecule has 0 saturated carbocycles. The number of methoxy groups -OCH3 is 1. The molecular weight excluding hydrogens is 393 g/mol. The van der Waals surface area contributed by atoms with Crippen molar-refractivity contribution in [1.82, 2.24) is 20.2 Å². The lowest BCUT2D eigenvalue weighted by molar-refractivity contribution is 0.103. The Morgan fingerprint density at radius 3 is 2.72 bits per heavy atom. The van der Waals surface area contributed by atoms with Gasteiger partial charge in [0.25, 0.3) is 5.91 Å². The number of thiophene rings is 1. The number of halogens is 1. The van der Waals surface area contributed by atoms with Crippen LogP contribution in [0.5, 0.6) is 5.75 Å². The first kappa shape index (κ1) is 18.8. The van der Waals surface area contributed by atoms with Crippen LogP contribution in [0.1, 0.15) is 15.5 Å². The molecule has 0 spiro atoms. The molecule has 1 amide bonds. The second-order valence-electron chi connectivity index (χ2n) is 6.12. The number of tetrazole rings is 1. The molecule has 7 nitrogen and oxygen atoms in total. The van der Waals surface area contributed by atoms with E-state index in [2.05, 4.69) is 20.8 Å². The van der Waals surface area contributed by atoms with Gasteiger partial charge in [0.05, 0.1) is 12.0 Å². The van der Waals surface area contributed by atoms with Crippen molar-refractivity contribution in [2.75, 3.05) is 12.4 Å². The molecule has 0 atom stereocenters. The van der Waals surface area contributed by atoms with Gasteiger partial charge in [-0.1, -0.05) is 18.2 Å². The van der Waals surface area contributed by atoms with Gasteiger partial charge in [-0.3, -0.25) is 4.79 Å². The molecule has 0 fully saturated rings. The Balaban J connectivity index is 1.59. The third-order valence-electron chi connectivity index (χ3n) is 4.26. The highest BCUT2D eigenvalue weighted by atomic mass is 32.1. The zero-order valence-electron chi connectivity index (χ0n) is 15.6. The van der Waals surface area contributed by atoms with Gasteiger partial charge in [-0.2, -0.15) is 4.68 Å². The number of aryl methyl sites for hydroxylation is 1. The van der Waals surface area contributed by atoms with Crippen molar-refractivity contribution in [3.05, 3.63) is 71.1 Å². The third-order valence-corrected chi connectivity index (χ3v) is 5.38. The van der Waals surface area contributed by atoms with Crippen molar-refractivity contribution >= 4 is 22.9 Å². The van der Waals surface area contributed by atoms with Gasteiger partial charge in [0.1, 0.15) is 17.3 Å². The van der Waals surface area contributed by atoms with Crippen LogP contribution >= 0.6 is 11.3 Å². The fraction of sp³-hybridized carbons (Fsp3) is 0.100. The summed E-state index contributed by atoms with van der Waals surface area (Å²) in [6.45, 7) is 1.76. The number of hydrogen-bond donors (Lipinski definition) is 1. The lowest BCUT2D eigenvalue weighted by Crippen LogP contribution is -2.11. The van der Waals surface area contributed by atoms with E-state index in [1.54, 1.807) is 62.6 Å².